The van der Waals surface area contributed by atoms with Crippen molar-refractivity contribution in [3.05, 3.63) is 11.8 Å². The highest BCUT2D eigenvalue weighted by atomic mass is 15.2. The molecule has 0 unspecified atom stereocenters. The van der Waals surface area contributed by atoms with Crippen LogP contribution in [0.5, 0.6) is 0 Å². The molecule has 17 heavy (non-hydrogen) atoms. The molecule has 0 atom stereocenters. The second-order valence-corrected chi connectivity index (χ2v) is 3.93. The number of hydrogen-bond donors (Lipinski definition) is 2. The van der Waals surface area contributed by atoms with Crippen molar-refractivity contribution in [2.24, 2.45) is 0 Å². The number of anilines is 2. The van der Waals surface area contributed by atoms with E-state index in [1.54, 1.807) is 0 Å². The lowest BCUT2D eigenvalue weighted by Gasteiger charge is -2.18. The molecule has 0 amide bonds. The summed E-state index contributed by atoms with van der Waals surface area (Å²) in [4.78, 5) is 10.9. The summed E-state index contributed by atoms with van der Waals surface area (Å²) in [7, 11) is 1.82. The Morgan fingerprint density at radius 2 is 2.00 bits per heavy atom. The molecule has 0 aliphatic rings. The highest BCUT2D eigenvalue weighted by Gasteiger charge is 2.03. The van der Waals surface area contributed by atoms with Gasteiger partial charge in [-0.05, 0) is 20.0 Å². The average molecular weight is 237 g/mol. The Bertz CT molecular complexity index is 336. The van der Waals surface area contributed by atoms with Gasteiger partial charge < -0.3 is 15.5 Å². The van der Waals surface area contributed by atoms with Crippen LogP contribution < -0.4 is 10.6 Å². The van der Waals surface area contributed by atoms with Gasteiger partial charge in [0.2, 0.25) is 5.95 Å². The molecule has 2 N–H and O–H groups in total. The van der Waals surface area contributed by atoms with E-state index in [4.69, 9.17) is 0 Å². The summed E-state index contributed by atoms with van der Waals surface area (Å²) >= 11 is 0. The van der Waals surface area contributed by atoms with Crippen LogP contribution in [0.3, 0.4) is 0 Å². The number of hydrogen-bond acceptors (Lipinski definition) is 5. The minimum absolute atomic E-state index is 0.654. The lowest BCUT2D eigenvalue weighted by atomic mass is 10.3. The van der Waals surface area contributed by atoms with E-state index >= 15 is 0 Å². The summed E-state index contributed by atoms with van der Waals surface area (Å²) in [6, 6.07) is 0. The third-order valence-corrected chi connectivity index (χ3v) is 2.81. The number of nitrogens with zero attached hydrogens (tertiary/aromatic N) is 3. The smallest absolute Gasteiger partial charge is 0.224 e. The van der Waals surface area contributed by atoms with Gasteiger partial charge in [-0.3, -0.25) is 0 Å². The largest absolute Gasteiger partial charge is 0.368 e. The molecule has 1 aromatic heterocycles. The zero-order valence-electron chi connectivity index (χ0n) is 11.2. The molecule has 0 aliphatic carbocycles. The van der Waals surface area contributed by atoms with Crippen molar-refractivity contribution in [2.75, 3.05) is 43.9 Å². The quantitative estimate of drug-likeness (QED) is 0.754. The van der Waals surface area contributed by atoms with Crippen LogP contribution in [0.15, 0.2) is 6.20 Å². The van der Waals surface area contributed by atoms with E-state index < -0.39 is 0 Å². The van der Waals surface area contributed by atoms with Crippen LogP contribution in [0.25, 0.3) is 0 Å². The predicted molar refractivity (Wildman–Crippen MR) is 72.6 cm³/mol. The molecule has 0 spiro atoms. The van der Waals surface area contributed by atoms with Crippen molar-refractivity contribution >= 4 is 11.8 Å². The van der Waals surface area contributed by atoms with Gasteiger partial charge in [-0.1, -0.05) is 13.8 Å². The Hall–Kier alpha value is -1.36. The van der Waals surface area contributed by atoms with E-state index in [0.29, 0.717) is 5.95 Å². The van der Waals surface area contributed by atoms with E-state index in [1.807, 2.05) is 20.2 Å². The minimum Gasteiger partial charge on any atom is -0.368 e. The van der Waals surface area contributed by atoms with E-state index in [2.05, 4.69) is 39.3 Å². The summed E-state index contributed by atoms with van der Waals surface area (Å²) in [6.07, 6.45) is 1.83. The molecule has 0 radical (unpaired) electrons. The number of aryl methyl sites for hydroxylation is 1. The van der Waals surface area contributed by atoms with E-state index in [-0.39, 0.29) is 0 Å². The molecule has 0 saturated heterocycles. The fourth-order valence-electron chi connectivity index (χ4n) is 1.61. The van der Waals surface area contributed by atoms with Crippen LogP contribution >= 0.6 is 0 Å². The molecule has 0 saturated carbocycles. The minimum atomic E-state index is 0.654. The first-order valence-electron chi connectivity index (χ1n) is 6.18. The van der Waals surface area contributed by atoms with Gasteiger partial charge in [-0.15, -0.1) is 0 Å². The van der Waals surface area contributed by atoms with Crippen molar-refractivity contribution in [3.8, 4) is 0 Å². The van der Waals surface area contributed by atoms with Gasteiger partial charge in [0.15, 0.2) is 0 Å². The Morgan fingerprint density at radius 3 is 2.59 bits per heavy atom. The molecular formula is C12H23N5. The summed E-state index contributed by atoms with van der Waals surface area (Å²) in [6.45, 7) is 10.5. The topological polar surface area (TPSA) is 53.1 Å². The average Bonchev–Trinajstić information content (AvgIpc) is 2.36. The van der Waals surface area contributed by atoms with Crippen LogP contribution in [0.1, 0.15) is 19.4 Å². The SMILES string of the molecule is CCN(CC)CCNc1nc(NC)ncc1C. The summed E-state index contributed by atoms with van der Waals surface area (Å²) in [5, 5.41) is 6.30. The van der Waals surface area contributed by atoms with Gasteiger partial charge in [-0.2, -0.15) is 4.98 Å². The predicted octanol–water partition coefficient (Wildman–Crippen LogP) is 1.58. The van der Waals surface area contributed by atoms with Crippen LogP contribution in [-0.2, 0) is 0 Å². The van der Waals surface area contributed by atoms with Gasteiger partial charge >= 0.3 is 0 Å². The Kier molecular flexibility index (Phi) is 5.69. The second kappa shape index (κ2) is 7.06. The van der Waals surface area contributed by atoms with Crippen LogP contribution in [0, 0.1) is 6.92 Å². The van der Waals surface area contributed by atoms with Crippen molar-refractivity contribution in [3.63, 3.8) is 0 Å². The molecule has 0 aromatic carbocycles. The van der Waals surface area contributed by atoms with Gasteiger partial charge in [0, 0.05) is 31.9 Å². The highest BCUT2D eigenvalue weighted by molar-refractivity contribution is 5.46. The van der Waals surface area contributed by atoms with Gasteiger partial charge in [0.1, 0.15) is 5.82 Å². The van der Waals surface area contributed by atoms with E-state index in [9.17, 15) is 0 Å². The lowest BCUT2D eigenvalue weighted by Crippen LogP contribution is -2.29. The third kappa shape index (κ3) is 4.19. The van der Waals surface area contributed by atoms with Crippen LogP contribution in [0.2, 0.25) is 0 Å². The maximum absolute atomic E-state index is 4.39. The molecule has 0 bridgehead atoms. The van der Waals surface area contributed by atoms with Gasteiger partial charge in [-0.25, -0.2) is 4.98 Å². The van der Waals surface area contributed by atoms with Gasteiger partial charge in [0.25, 0.3) is 0 Å². The maximum atomic E-state index is 4.39. The molecule has 0 fully saturated rings. The maximum Gasteiger partial charge on any atom is 0.224 e. The summed E-state index contributed by atoms with van der Waals surface area (Å²) in [5.41, 5.74) is 1.07. The molecule has 1 aromatic rings. The summed E-state index contributed by atoms with van der Waals surface area (Å²) in [5.74, 6) is 1.57. The summed E-state index contributed by atoms with van der Waals surface area (Å²) < 4.78 is 0. The fraction of sp³-hybridized carbons (Fsp3) is 0.667. The molecule has 0 aliphatic heterocycles. The number of nitrogens with one attached hydrogen (secondary N) is 2. The molecule has 1 rings (SSSR count). The van der Waals surface area contributed by atoms with Crippen LogP contribution in [-0.4, -0.2) is 48.1 Å². The first kappa shape index (κ1) is 13.7. The Balaban J connectivity index is 2.50. The first-order chi connectivity index (χ1) is 8.21. The number of aromatic nitrogens is 2. The fourth-order valence-corrected chi connectivity index (χ4v) is 1.61. The highest BCUT2D eigenvalue weighted by Crippen LogP contribution is 2.11. The van der Waals surface area contributed by atoms with E-state index in [0.717, 1.165) is 37.6 Å². The van der Waals surface area contributed by atoms with Gasteiger partial charge in [0.05, 0.1) is 0 Å². The molecule has 5 nitrogen and oxygen atoms in total. The monoisotopic (exact) mass is 237 g/mol. The number of rotatable bonds is 7. The van der Waals surface area contributed by atoms with Crippen molar-refractivity contribution in [1.82, 2.24) is 14.9 Å². The third-order valence-electron chi connectivity index (χ3n) is 2.81. The number of likely N-dealkylation sites (N-methyl/N-ethyl adjacent to an activating group) is 1. The molecular weight excluding hydrogens is 214 g/mol. The zero-order chi connectivity index (χ0) is 12.7. The van der Waals surface area contributed by atoms with Crippen molar-refractivity contribution in [2.45, 2.75) is 20.8 Å². The van der Waals surface area contributed by atoms with Crippen molar-refractivity contribution in [1.29, 1.82) is 0 Å². The molecule has 1 heterocycles. The van der Waals surface area contributed by atoms with E-state index in [1.165, 1.54) is 0 Å². The first-order valence-corrected chi connectivity index (χ1v) is 6.18. The normalized spacial score (nSPS) is 10.6. The Morgan fingerprint density at radius 1 is 1.29 bits per heavy atom. The Labute approximate surface area is 104 Å². The molecule has 96 valence electrons. The lowest BCUT2D eigenvalue weighted by molar-refractivity contribution is 0.316. The second-order valence-electron chi connectivity index (χ2n) is 3.93. The van der Waals surface area contributed by atoms with Crippen LogP contribution in [0.4, 0.5) is 11.8 Å². The van der Waals surface area contributed by atoms with Crippen molar-refractivity contribution < 1.29 is 0 Å². The zero-order valence-corrected chi connectivity index (χ0v) is 11.2. The standard InChI is InChI=1S/C12H23N5/c1-5-17(6-2)8-7-14-11-10(3)9-15-12(13-4)16-11/h9H,5-8H2,1-4H3,(H2,13,14,15,16). The molecule has 5 heteroatoms.